The summed E-state index contributed by atoms with van der Waals surface area (Å²) in [5.41, 5.74) is 7.88. The second-order valence-electron chi connectivity index (χ2n) is 2.48. The van der Waals surface area contributed by atoms with Crippen molar-refractivity contribution in [2.75, 3.05) is 6.54 Å². The number of hydrogen-bond acceptors (Lipinski definition) is 5. The van der Waals surface area contributed by atoms with Gasteiger partial charge in [0.1, 0.15) is 0 Å². The van der Waals surface area contributed by atoms with E-state index in [1.807, 2.05) is 5.38 Å². The summed E-state index contributed by atoms with van der Waals surface area (Å²) < 4.78 is 5.07. The van der Waals surface area contributed by atoms with Gasteiger partial charge < -0.3 is 10.5 Å². The minimum Gasteiger partial charge on any atom is -0.454 e. The molecule has 0 spiro atoms. The van der Waals surface area contributed by atoms with E-state index in [1.54, 1.807) is 12.4 Å². The van der Waals surface area contributed by atoms with Crippen LogP contribution < -0.4 is 5.73 Å². The maximum Gasteiger partial charge on any atom is 0.306 e. The molecule has 72 valence electrons. The largest absolute Gasteiger partial charge is 0.454 e. The van der Waals surface area contributed by atoms with Crippen LogP contribution in [0.3, 0.4) is 0 Å². The zero-order valence-corrected chi connectivity index (χ0v) is 8.21. The predicted octanol–water partition coefficient (Wildman–Crippen LogP) is 1.10. The van der Waals surface area contributed by atoms with Crippen molar-refractivity contribution in [2.24, 2.45) is 5.73 Å². The molecule has 0 radical (unpaired) electrons. The molecule has 1 heterocycles. The van der Waals surface area contributed by atoms with E-state index in [0.717, 1.165) is 5.69 Å². The highest BCUT2D eigenvalue weighted by Crippen LogP contribution is 2.16. The lowest BCUT2D eigenvalue weighted by atomic mass is 10.3. The van der Waals surface area contributed by atoms with Crippen molar-refractivity contribution < 1.29 is 9.53 Å². The van der Waals surface area contributed by atoms with Crippen LogP contribution in [-0.2, 0) is 9.53 Å². The Morgan fingerprint density at radius 3 is 3.08 bits per heavy atom. The Balaban J connectivity index is 2.58. The summed E-state index contributed by atoms with van der Waals surface area (Å²) in [6.07, 6.45) is -0.0283. The highest BCUT2D eigenvalue weighted by molar-refractivity contribution is 7.07. The molecule has 1 aromatic rings. The van der Waals surface area contributed by atoms with E-state index in [-0.39, 0.29) is 12.5 Å². The van der Waals surface area contributed by atoms with Crippen LogP contribution in [0.2, 0.25) is 0 Å². The van der Waals surface area contributed by atoms with Crippen LogP contribution in [0.1, 0.15) is 25.1 Å². The molecule has 0 amide bonds. The zero-order valence-electron chi connectivity index (χ0n) is 7.40. The summed E-state index contributed by atoms with van der Waals surface area (Å²) in [6, 6.07) is 0. The fourth-order valence-corrected chi connectivity index (χ4v) is 1.45. The molecule has 0 bridgehead atoms. The standard InChI is InChI=1S/C8H12N2O2S/c1-2-8(11)12-7(3-9)6-4-13-5-10-6/h4-5,7H,2-3,9H2,1H3. The third kappa shape index (κ3) is 2.78. The first kappa shape index (κ1) is 10.1. The van der Waals surface area contributed by atoms with Crippen molar-refractivity contribution in [1.82, 2.24) is 4.98 Å². The number of ether oxygens (including phenoxy) is 1. The molecule has 0 fully saturated rings. The topological polar surface area (TPSA) is 65.2 Å². The number of hydrogen-bond donors (Lipinski definition) is 1. The van der Waals surface area contributed by atoms with Crippen molar-refractivity contribution in [1.29, 1.82) is 0 Å². The Morgan fingerprint density at radius 2 is 2.62 bits per heavy atom. The van der Waals surface area contributed by atoms with Crippen LogP contribution >= 0.6 is 11.3 Å². The molecule has 0 aromatic carbocycles. The molecule has 0 aliphatic heterocycles. The number of nitrogens with two attached hydrogens (primary N) is 1. The number of nitrogens with zero attached hydrogens (tertiary/aromatic N) is 1. The quantitative estimate of drug-likeness (QED) is 0.739. The highest BCUT2D eigenvalue weighted by Gasteiger charge is 2.15. The predicted molar refractivity (Wildman–Crippen MR) is 50.3 cm³/mol. The monoisotopic (exact) mass is 200 g/mol. The molecular weight excluding hydrogens is 188 g/mol. The number of esters is 1. The number of rotatable bonds is 4. The Morgan fingerprint density at radius 1 is 1.85 bits per heavy atom. The van der Waals surface area contributed by atoms with E-state index in [4.69, 9.17) is 10.5 Å². The Bertz CT molecular complexity index is 261. The number of carbonyl (C=O) groups excluding carboxylic acids is 1. The summed E-state index contributed by atoms with van der Waals surface area (Å²) >= 11 is 1.46. The fraction of sp³-hybridized carbons (Fsp3) is 0.500. The van der Waals surface area contributed by atoms with Crippen LogP contribution in [0, 0.1) is 0 Å². The van der Waals surface area contributed by atoms with E-state index in [0.29, 0.717) is 6.42 Å². The normalized spacial score (nSPS) is 12.5. The SMILES string of the molecule is CCC(=O)OC(CN)c1cscn1. The molecule has 13 heavy (non-hydrogen) atoms. The molecule has 0 aliphatic rings. The van der Waals surface area contributed by atoms with E-state index in [9.17, 15) is 4.79 Å². The Hall–Kier alpha value is -0.940. The van der Waals surface area contributed by atoms with Gasteiger partial charge in [0.25, 0.3) is 0 Å². The average molecular weight is 200 g/mol. The van der Waals surface area contributed by atoms with Gasteiger partial charge in [-0.1, -0.05) is 6.92 Å². The smallest absolute Gasteiger partial charge is 0.306 e. The van der Waals surface area contributed by atoms with Crippen molar-refractivity contribution in [3.05, 3.63) is 16.6 Å². The minimum absolute atomic E-state index is 0.247. The number of thiazole rings is 1. The third-order valence-corrected chi connectivity index (χ3v) is 2.16. The summed E-state index contributed by atoms with van der Waals surface area (Å²) in [5.74, 6) is -0.247. The molecule has 0 aliphatic carbocycles. The van der Waals surface area contributed by atoms with Gasteiger partial charge in [-0.15, -0.1) is 11.3 Å². The third-order valence-electron chi connectivity index (χ3n) is 1.56. The Kier molecular flexibility index (Phi) is 3.85. The van der Waals surface area contributed by atoms with Gasteiger partial charge >= 0.3 is 5.97 Å². The molecular formula is C8H12N2O2S. The van der Waals surface area contributed by atoms with E-state index < -0.39 is 6.10 Å². The molecule has 4 nitrogen and oxygen atoms in total. The highest BCUT2D eigenvalue weighted by atomic mass is 32.1. The second-order valence-corrected chi connectivity index (χ2v) is 3.20. The number of aromatic nitrogens is 1. The molecule has 1 atom stereocenters. The van der Waals surface area contributed by atoms with Crippen molar-refractivity contribution in [3.8, 4) is 0 Å². The van der Waals surface area contributed by atoms with E-state index >= 15 is 0 Å². The summed E-state index contributed by atoms with van der Waals surface area (Å²) in [7, 11) is 0. The van der Waals surface area contributed by atoms with E-state index in [1.165, 1.54) is 11.3 Å². The zero-order chi connectivity index (χ0) is 9.68. The van der Waals surface area contributed by atoms with Crippen LogP contribution in [0.5, 0.6) is 0 Å². The summed E-state index contributed by atoms with van der Waals surface area (Å²) in [6.45, 7) is 2.02. The van der Waals surface area contributed by atoms with Gasteiger partial charge in [0.15, 0.2) is 6.10 Å². The second kappa shape index (κ2) is 4.94. The summed E-state index contributed by atoms with van der Waals surface area (Å²) in [5, 5.41) is 1.83. The lowest BCUT2D eigenvalue weighted by Crippen LogP contribution is -2.19. The van der Waals surface area contributed by atoms with Gasteiger partial charge in [0.2, 0.25) is 0 Å². The minimum atomic E-state index is -0.390. The van der Waals surface area contributed by atoms with E-state index in [2.05, 4.69) is 4.98 Å². The van der Waals surface area contributed by atoms with Crippen LogP contribution in [0.15, 0.2) is 10.9 Å². The van der Waals surface area contributed by atoms with Crippen molar-refractivity contribution >= 4 is 17.3 Å². The number of carbonyl (C=O) groups is 1. The molecule has 1 rings (SSSR count). The first-order valence-electron chi connectivity index (χ1n) is 4.05. The molecule has 5 heteroatoms. The summed E-state index contributed by atoms with van der Waals surface area (Å²) in [4.78, 5) is 15.0. The average Bonchev–Trinajstić information content (AvgIpc) is 2.66. The molecule has 1 unspecified atom stereocenters. The van der Waals surface area contributed by atoms with Gasteiger partial charge in [-0.2, -0.15) is 0 Å². The first-order valence-corrected chi connectivity index (χ1v) is 4.99. The van der Waals surface area contributed by atoms with Gasteiger partial charge in [-0.3, -0.25) is 4.79 Å². The fourth-order valence-electron chi connectivity index (χ4n) is 0.852. The van der Waals surface area contributed by atoms with Crippen LogP contribution in [0.25, 0.3) is 0 Å². The molecule has 2 N–H and O–H groups in total. The van der Waals surface area contributed by atoms with Gasteiger partial charge in [0, 0.05) is 18.3 Å². The first-order chi connectivity index (χ1) is 6.27. The lowest BCUT2D eigenvalue weighted by Gasteiger charge is -2.12. The van der Waals surface area contributed by atoms with Crippen molar-refractivity contribution in [3.63, 3.8) is 0 Å². The van der Waals surface area contributed by atoms with Crippen LogP contribution in [-0.4, -0.2) is 17.5 Å². The van der Waals surface area contributed by atoms with Crippen LogP contribution in [0.4, 0.5) is 0 Å². The molecule has 0 saturated carbocycles. The molecule has 0 saturated heterocycles. The maximum atomic E-state index is 11.0. The Labute approximate surface area is 80.7 Å². The van der Waals surface area contributed by atoms with Gasteiger partial charge in [-0.25, -0.2) is 4.98 Å². The molecule has 1 aromatic heterocycles. The van der Waals surface area contributed by atoms with Gasteiger partial charge in [0.05, 0.1) is 11.2 Å². The van der Waals surface area contributed by atoms with Gasteiger partial charge in [-0.05, 0) is 0 Å². The lowest BCUT2D eigenvalue weighted by molar-refractivity contribution is -0.148. The maximum absolute atomic E-state index is 11.0. The van der Waals surface area contributed by atoms with Crippen molar-refractivity contribution in [2.45, 2.75) is 19.4 Å².